The number of aryl methyl sites for hydroxylation is 1. The van der Waals surface area contributed by atoms with Crippen LogP contribution in [0, 0.1) is 13.8 Å². The number of pyridine rings is 1. The van der Waals surface area contributed by atoms with Crippen LogP contribution in [0.15, 0.2) is 58.7 Å². The van der Waals surface area contributed by atoms with E-state index in [4.69, 9.17) is 19.3 Å². The minimum atomic E-state index is -4.28. The quantitative estimate of drug-likeness (QED) is 0.257. The van der Waals surface area contributed by atoms with Crippen molar-refractivity contribution in [1.82, 2.24) is 13.9 Å². The van der Waals surface area contributed by atoms with Gasteiger partial charge in [0.2, 0.25) is 5.16 Å². The van der Waals surface area contributed by atoms with Crippen LogP contribution < -0.4 is 43.8 Å². The van der Waals surface area contributed by atoms with Gasteiger partial charge in [0, 0.05) is 23.4 Å². The molecule has 0 amide bonds. The van der Waals surface area contributed by atoms with Crippen molar-refractivity contribution in [3.05, 3.63) is 65.5 Å². The van der Waals surface area contributed by atoms with Crippen LogP contribution in [0.1, 0.15) is 18.2 Å². The first kappa shape index (κ1) is 30.6. The third-order valence-electron chi connectivity index (χ3n) is 5.74. The standard InChI is InChI=1S/C25H25N3O8S2.Na.H/c1-15-12-26-21(16(2)24(15)35-4)14-37(31)25-27-20-11-18(34-3)7-10-22(20)28(25)38(32,33)19-8-5-17(6-9-19)36-13-23(29)30;;/h5-12H,13-14H2,1-4H3,(H,29,30);;/q;+1;-1. The van der Waals surface area contributed by atoms with Crippen LogP contribution >= 0.6 is 0 Å². The summed E-state index contributed by atoms with van der Waals surface area (Å²) in [5, 5.41) is 8.61. The minimum absolute atomic E-state index is 0. The normalized spacial score (nSPS) is 12.0. The van der Waals surface area contributed by atoms with Gasteiger partial charge >= 0.3 is 35.5 Å². The van der Waals surface area contributed by atoms with Crippen molar-refractivity contribution < 1.29 is 67.7 Å². The molecular weight excluding hydrogens is 557 g/mol. The first-order chi connectivity index (χ1) is 18.1. The van der Waals surface area contributed by atoms with E-state index in [-0.39, 0.29) is 63.6 Å². The Bertz CT molecular complexity index is 1660. The minimum Gasteiger partial charge on any atom is -1.00 e. The first-order valence-corrected chi connectivity index (χ1v) is 14.0. The second kappa shape index (κ2) is 12.5. The van der Waals surface area contributed by atoms with Gasteiger partial charge in [-0.05, 0) is 50.2 Å². The monoisotopic (exact) mass is 583 g/mol. The summed E-state index contributed by atoms with van der Waals surface area (Å²) in [6.45, 7) is 3.07. The zero-order valence-electron chi connectivity index (χ0n) is 23.0. The van der Waals surface area contributed by atoms with Crippen LogP contribution in [0.25, 0.3) is 11.0 Å². The summed E-state index contributed by atoms with van der Waals surface area (Å²) in [5.41, 5.74) is 2.50. The number of benzene rings is 2. The number of carboxylic acids is 1. The molecule has 39 heavy (non-hydrogen) atoms. The second-order valence-corrected chi connectivity index (χ2v) is 11.3. The molecule has 2 aromatic carbocycles. The van der Waals surface area contributed by atoms with E-state index in [1.807, 2.05) is 6.92 Å². The molecule has 11 nitrogen and oxygen atoms in total. The molecule has 202 valence electrons. The third-order valence-corrected chi connectivity index (χ3v) is 8.79. The molecule has 0 fully saturated rings. The van der Waals surface area contributed by atoms with Gasteiger partial charge in [-0.1, -0.05) is 0 Å². The predicted octanol–water partition coefficient (Wildman–Crippen LogP) is 0.190. The Morgan fingerprint density at radius 3 is 2.36 bits per heavy atom. The van der Waals surface area contributed by atoms with E-state index in [9.17, 15) is 17.4 Å². The number of fused-ring (bicyclic) bond motifs is 1. The molecule has 0 aliphatic heterocycles. The number of imidazole rings is 1. The average molecular weight is 584 g/mol. The van der Waals surface area contributed by atoms with Gasteiger partial charge in [0.25, 0.3) is 10.0 Å². The number of nitrogens with zero attached hydrogens (tertiary/aromatic N) is 3. The Morgan fingerprint density at radius 2 is 1.74 bits per heavy atom. The fourth-order valence-corrected chi connectivity index (χ4v) is 6.93. The summed E-state index contributed by atoms with van der Waals surface area (Å²) in [6, 6.07) is 9.94. The molecule has 1 N–H and O–H groups in total. The topological polar surface area (TPSA) is 147 Å². The van der Waals surface area contributed by atoms with Gasteiger partial charge < -0.3 is 20.7 Å². The molecule has 0 aliphatic carbocycles. The number of ether oxygens (including phenoxy) is 3. The predicted molar refractivity (Wildman–Crippen MR) is 140 cm³/mol. The molecule has 0 bridgehead atoms. The van der Waals surface area contributed by atoms with Crippen molar-refractivity contribution in [1.29, 1.82) is 0 Å². The molecule has 0 radical (unpaired) electrons. The summed E-state index contributed by atoms with van der Waals surface area (Å²) >= 11 is 0. The fraction of sp³-hybridized carbons (Fsp3) is 0.240. The van der Waals surface area contributed by atoms with Crippen LogP contribution in [-0.4, -0.2) is 58.5 Å². The maximum Gasteiger partial charge on any atom is 1.00 e. The molecule has 14 heteroatoms. The van der Waals surface area contributed by atoms with E-state index in [1.165, 1.54) is 44.6 Å². The number of rotatable bonds is 10. The number of hydrogen-bond acceptors (Lipinski definition) is 9. The summed E-state index contributed by atoms with van der Waals surface area (Å²) in [5.74, 6) is -0.00333. The molecule has 0 saturated carbocycles. The van der Waals surface area contributed by atoms with Crippen LogP contribution in [0.2, 0.25) is 0 Å². The van der Waals surface area contributed by atoms with Crippen LogP contribution in [-0.2, 0) is 31.4 Å². The number of hydrogen-bond donors (Lipinski definition) is 1. The summed E-state index contributed by atoms with van der Waals surface area (Å²) in [7, 11) is -3.20. The Kier molecular flexibility index (Phi) is 9.78. The number of methoxy groups -OCH3 is 2. The molecule has 4 aromatic rings. The van der Waals surface area contributed by atoms with E-state index >= 15 is 0 Å². The number of carbonyl (C=O) groups is 1. The Labute approximate surface area is 251 Å². The largest absolute Gasteiger partial charge is 1.00 e. The van der Waals surface area contributed by atoms with Crippen LogP contribution in [0.3, 0.4) is 0 Å². The van der Waals surface area contributed by atoms with Crippen LogP contribution in [0.4, 0.5) is 0 Å². The molecular formula is C25H26N3NaO8S2. The summed E-state index contributed by atoms with van der Waals surface area (Å²) in [4.78, 5) is 19.4. The molecule has 2 heterocycles. The van der Waals surface area contributed by atoms with Gasteiger partial charge in [0.1, 0.15) is 17.2 Å². The van der Waals surface area contributed by atoms with Crippen molar-refractivity contribution in [2.45, 2.75) is 29.7 Å². The zero-order valence-corrected chi connectivity index (χ0v) is 25.6. The molecule has 4 rings (SSSR count). The van der Waals surface area contributed by atoms with E-state index in [0.717, 1.165) is 9.54 Å². The Balaban J connectivity index is 0.00000280. The fourth-order valence-electron chi connectivity index (χ4n) is 3.88. The number of aliphatic carboxylic acids is 1. The van der Waals surface area contributed by atoms with E-state index in [2.05, 4.69) is 9.97 Å². The Hall–Kier alpha value is -2.97. The molecule has 1 atom stereocenters. The van der Waals surface area contributed by atoms with Crippen molar-refractivity contribution in [3.63, 3.8) is 0 Å². The molecule has 0 spiro atoms. The smallest absolute Gasteiger partial charge is 1.00 e. The van der Waals surface area contributed by atoms with E-state index in [1.54, 1.807) is 25.3 Å². The third kappa shape index (κ3) is 6.28. The van der Waals surface area contributed by atoms with Crippen molar-refractivity contribution >= 4 is 37.8 Å². The van der Waals surface area contributed by atoms with Gasteiger partial charge in [-0.2, -0.15) is 0 Å². The maximum atomic E-state index is 13.8. The van der Waals surface area contributed by atoms with Gasteiger partial charge in [0.15, 0.2) is 6.61 Å². The molecule has 0 aliphatic rings. The van der Waals surface area contributed by atoms with E-state index in [0.29, 0.717) is 22.8 Å². The Morgan fingerprint density at radius 1 is 1.08 bits per heavy atom. The van der Waals surface area contributed by atoms with Crippen molar-refractivity contribution in [2.24, 2.45) is 0 Å². The molecule has 0 saturated heterocycles. The van der Waals surface area contributed by atoms with Crippen molar-refractivity contribution in [3.8, 4) is 17.2 Å². The van der Waals surface area contributed by atoms with Gasteiger partial charge in [0.05, 0.1) is 52.4 Å². The van der Waals surface area contributed by atoms with E-state index < -0.39 is 33.4 Å². The second-order valence-electron chi connectivity index (χ2n) is 8.21. The summed E-state index contributed by atoms with van der Waals surface area (Å²) in [6.07, 6.45) is 1.61. The average Bonchev–Trinajstić information content (AvgIpc) is 3.29. The first-order valence-electron chi connectivity index (χ1n) is 11.2. The summed E-state index contributed by atoms with van der Waals surface area (Å²) < 4.78 is 58.0. The van der Waals surface area contributed by atoms with Gasteiger partial charge in [-0.25, -0.2) is 22.2 Å². The maximum absolute atomic E-state index is 13.8. The SMILES string of the molecule is COc1ccc2c(c1)nc(S(=O)Cc1ncc(C)c(OC)c1C)n2S(=O)(=O)c1ccc(OCC(=O)O)cc1.[H-].[Na+]. The zero-order chi connectivity index (χ0) is 27.6. The number of aromatic nitrogens is 3. The van der Waals surface area contributed by atoms with Crippen molar-refractivity contribution in [2.75, 3.05) is 20.8 Å². The molecule has 2 aromatic heterocycles. The van der Waals surface area contributed by atoms with Gasteiger partial charge in [-0.15, -0.1) is 0 Å². The van der Waals surface area contributed by atoms with Gasteiger partial charge in [-0.3, -0.25) is 9.19 Å². The molecule has 1 unspecified atom stereocenters. The number of carboxylic acid groups (broad SMARTS) is 1. The van der Waals surface area contributed by atoms with Crippen LogP contribution in [0.5, 0.6) is 17.2 Å².